The van der Waals surface area contributed by atoms with Crippen molar-refractivity contribution in [2.45, 2.75) is 18.9 Å². The quantitative estimate of drug-likeness (QED) is 0.396. The number of hydrogen-bond donors (Lipinski definition) is 2. The van der Waals surface area contributed by atoms with Crippen LogP contribution in [0.25, 0.3) is 0 Å². The van der Waals surface area contributed by atoms with E-state index in [0.29, 0.717) is 11.3 Å². The minimum atomic E-state index is -0.699. The third kappa shape index (κ3) is 7.90. The fourth-order valence-corrected chi connectivity index (χ4v) is 3.96. The smallest absolute Gasteiger partial charge is 0.311 e. The van der Waals surface area contributed by atoms with Gasteiger partial charge >= 0.3 is 11.9 Å². The Morgan fingerprint density at radius 1 is 1.03 bits per heavy atom. The number of aromatic nitrogens is 1. The minimum Gasteiger partial charge on any atom is -0.469 e. The summed E-state index contributed by atoms with van der Waals surface area (Å²) in [6, 6.07) is 14.8. The summed E-state index contributed by atoms with van der Waals surface area (Å²) in [6.45, 7) is -0.537. The van der Waals surface area contributed by atoms with Crippen molar-refractivity contribution in [2.75, 3.05) is 19.0 Å². The summed E-state index contributed by atoms with van der Waals surface area (Å²) < 4.78 is 9.68. The first-order valence-corrected chi connectivity index (χ1v) is 11.7. The number of nitrogens with one attached hydrogen (secondary N) is 2. The Morgan fingerprint density at radius 2 is 1.74 bits per heavy atom. The van der Waals surface area contributed by atoms with Gasteiger partial charge in [-0.15, -0.1) is 11.3 Å². The average Bonchev–Trinajstić information content (AvgIpc) is 3.29. The molecule has 0 aliphatic rings. The van der Waals surface area contributed by atoms with E-state index in [4.69, 9.17) is 16.3 Å². The number of rotatable bonds is 10. The Labute approximate surface area is 210 Å². The second-order valence-electron chi connectivity index (χ2n) is 7.23. The molecule has 0 saturated carbocycles. The van der Waals surface area contributed by atoms with Crippen molar-refractivity contribution in [1.29, 1.82) is 0 Å². The molecule has 0 aliphatic heterocycles. The first-order chi connectivity index (χ1) is 16.9. The van der Waals surface area contributed by atoms with Crippen LogP contribution in [0, 0.1) is 0 Å². The molecule has 1 atom stereocenters. The molecule has 0 spiro atoms. The molecule has 0 aliphatic carbocycles. The zero-order valence-electron chi connectivity index (χ0n) is 18.7. The van der Waals surface area contributed by atoms with Gasteiger partial charge < -0.3 is 14.8 Å². The summed E-state index contributed by atoms with van der Waals surface area (Å²) in [6.07, 6.45) is -0.216. The number of benzene rings is 2. The summed E-state index contributed by atoms with van der Waals surface area (Å²) in [5.74, 6) is -2.16. The average molecular weight is 516 g/mol. The lowest BCUT2D eigenvalue weighted by Gasteiger charge is -2.19. The molecule has 0 radical (unpaired) electrons. The van der Waals surface area contributed by atoms with E-state index in [1.165, 1.54) is 7.11 Å². The summed E-state index contributed by atoms with van der Waals surface area (Å²) in [5.41, 5.74) is 1.42. The number of esters is 2. The highest BCUT2D eigenvalue weighted by Gasteiger charge is 2.22. The molecule has 1 heterocycles. The number of carbonyl (C=O) groups is 4. The fraction of sp³-hybridized carbons (Fsp3) is 0.208. The number of thiazole rings is 1. The number of carbonyl (C=O) groups excluding carboxylic acids is 4. The summed E-state index contributed by atoms with van der Waals surface area (Å²) in [7, 11) is 1.27. The van der Waals surface area contributed by atoms with Gasteiger partial charge in [-0.05, 0) is 17.7 Å². The molecule has 0 saturated heterocycles. The molecule has 3 rings (SSSR count). The highest BCUT2D eigenvalue weighted by molar-refractivity contribution is 7.13. The maximum Gasteiger partial charge on any atom is 0.311 e. The zero-order valence-corrected chi connectivity index (χ0v) is 20.2. The predicted molar refractivity (Wildman–Crippen MR) is 130 cm³/mol. The van der Waals surface area contributed by atoms with E-state index in [1.54, 1.807) is 53.9 Å². The molecular formula is C24H22ClN3O6S. The molecule has 0 fully saturated rings. The maximum absolute atomic E-state index is 12.7. The normalized spacial score (nSPS) is 11.3. The zero-order chi connectivity index (χ0) is 25.2. The Balaban J connectivity index is 1.56. The van der Waals surface area contributed by atoms with Gasteiger partial charge in [0.25, 0.3) is 11.8 Å². The summed E-state index contributed by atoms with van der Waals surface area (Å²) >= 11 is 7.24. The van der Waals surface area contributed by atoms with Gasteiger partial charge in [0.2, 0.25) is 0 Å². The first-order valence-electron chi connectivity index (χ1n) is 10.4. The molecule has 35 heavy (non-hydrogen) atoms. The highest BCUT2D eigenvalue weighted by atomic mass is 35.5. The van der Waals surface area contributed by atoms with Crippen LogP contribution < -0.4 is 10.6 Å². The number of amides is 2. The van der Waals surface area contributed by atoms with Crippen LogP contribution in [0.4, 0.5) is 5.13 Å². The van der Waals surface area contributed by atoms with Gasteiger partial charge in [0.1, 0.15) is 0 Å². The SMILES string of the molecule is COC(=O)Cc1csc(NC(=O)COC(=O)CC(NC(=O)c2ccccc2Cl)c2ccccc2)n1. The number of nitrogens with zero attached hydrogens (tertiary/aromatic N) is 1. The largest absolute Gasteiger partial charge is 0.469 e. The molecule has 1 unspecified atom stereocenters. The second kappa shape index (κ2) is 12.6. The van der Waals surface area contributed by atoms with E-state index in [-0.39, 0.29) is 28.6 Å². The van der Waals surface area contributed by atoms with E-state index in [2.05, 4.69) is 20.4 Å². The van der Waals surface area contributed by atoms with Crippen molar-refractivity contribution in [2.24, 2.45) is 0 Å². The number of hydrogen-bond acceptors (Lipinski definition) is 8. The van der Waals surface area contributed by atoms with Gasteiger partial charge in [-0.3, -0.25) is 24.5 Å². The summed E-state index contributed by atoms with van der Waals surface area (Å²) in [5, 5.41) is 7.47. The van der Waals surface area contributed by atoms with E-state index < -0.39 is 36.4 Å². The lowest BCUT2D eigenvalue weighted by molar-refractivity contribution is -0.147. The number of halogens is 1. The number of ether oxygens (including phenoxy) is 2. The van der Waals surface area contributed by atoms with Crippen LogP contribution in [0.2, 0.25) is 5.02 Å². The molecule has 2 amide bonds. The third-order valence-electron chi connectivity index (χ3n) is 4.71. The van der Waals surface area contributed by atoms with Crippen LogP contribution >= 0.6 is 22.9 Å². The predicted octanol–water partition coefficient (Wildman–Crippen LogP) is 3.56. The molecule has 2 aromatic carbocycles. The number of methoxy groups -OCH3 is 1. The Morgan fingerprint density at radius 3 is 2.46 bits per heavy atom. The number of anilines is 1. The lowest BCUT2D eigenvalue weighted by atomic mass is 10.0. The van der Waals surface area contributed by atoms with Gasteiger partial charge in [0, 0.05) is 5.38 Å². The van der Waals surface area contributed by atoms with E-state index in [1.807, 2.05) is 6.07 Å². The van der Waals surface area contributed by atoms with Crippen LogP contribution in [0.15, 0.2) is 60.0 Å². The monoisotopic (exact) mass is 515 g/mol. The van der Waals surface area contributed by atoms with Gasteiger partial charge in [-0.25, -0.2) is 4.98 Å². The van der Waals surface area contributed by atoms with Crippen LogP contribution in [0.1, 0.15) is 34.1 Å². The topological polar surface area (TPSA) is 124 Å². The lowest BCUT2D eigenvalue weighted by Crippen LogP contribution is -2.31. The van der Waals surface area contributed by atoms with E-state index in [9.17, 15) is 19.2 Å². The molecule has 11 heteroatoms. The molecule has 0 bridgehead atoms. The second-order valence-corrected chi connectivity index (χ2v) is 8.49. The van der Waals surface area contributed by atoms with Crippen molar-refractivity contribution in [3.63, 3.8) is 0 Å². The Kier molecular flexibility index (Phi) is 9.33. The van der Waals surface area contributed by atoms with E-state index in [0.717, 1.165) is 11.3 Å². The van der Waals surface area contributed by atoms with Crippen LogP contribution in [0.3, 0.4) is 0 Å². The van der Waals surface area contributed by atoms with Crippen molar-refractivity contribution < 1.29 is 28.7 Å². The summed E-state index contributed by atoms with van der Waals surface area (Å²) in [4.78, 5) is 52.8. The molecule has 9 nitrogen and oxygen atoms in total. The minimum absolute atomic E-state index is 0.0152. The molecule has 3 aromatic rings. The van der Waals surface area contributed by atoms with Gasteiger partial charge in [0.15, 0.2) is 11.7 Å². The third-order valence-corrected chi connectivity index (χ3v) is 5.85. The Hall–Kier alpha value is -3.76. The van der Waals surface area contributed by atoms with Crippen molar-refractivity contribution in [3.8, 4) is 0 Å². The van der Waals surface area contributed by atoms with Gasteiger partial charge in [-0.1, -0.05) is 54.1 Å². The molecule has 182 valence electrons. The standard InChI is InChI=1S/C24H22ClN3O6S/c1-33-21(30)11-16-14-35-24(26-16)28-20(29)13-34-22(31)12-19(15-7-3-2-4-8-15)27-23(32)17-9-5-6-10-18(17)25/h2-10,14,19H,11-13H2,1H3,(H,27,32)(H,26,28,29). The van der Waals surface area contributed by atoms with Crippen LogP contribution in [0.5, 0.6) is 0 Å². The maximum atomic E-state index is 12.7. The molecular weight excluding hydrogens is 494 g/mol. The first kappa shape index (κ1) is 25.9. The van der Waals surface area contributed by atoms with Crippen LogP contribution in [-0.2, 0) is 30.3 Å². The molecule has 2 N–H and O–H groups in total. The van der Waals surface area contributed by atoms with Crippen molar-refractivity contribution >= 4 is 51.8 Å². The highest BCUT2D eigenvalue weighted by Crippen LogP contribution is 2.21. The molecule has 1 aromatic heterocycles. The van der Waals surface area contributed by atoms with Crippen molar-refractivity contribution in [3.05, 3.63) is 81.8 Å². The van der Waals surface area contributed by atoms with Crippen molar-refractivity contribution in [1.82, 2.24) is 10.3 Å². The fourth-order valence-electron chi connectivity index (χ4n) is 3.01. The Bertz CT molecular complexity index is 1200. The van der Waals surface area contributed by atoms with Gasteiger partial charge in [0.05, 0.1) is 42.3 Å². The van der Waals surface area contributed by atoms with Gasteiger partial charge in [-0.2, -0.15) is 0 Å². The van der Waals surface area contributed by atoms with Crippen LogP contribution in [-0.4, -0.2) is 42.5 Å². The van der Waals surface area contributed by atoms with E-state index >= 15 is 0 Å².